The number of halogens is 1. The summed E-state index contributed by atoms with van der Waals surface area (Å²) < 4.78 is 6.88. The standard InChI is InChI=1S/C22H33IN2O2/c1-4-5-6-7-8-9-10-14-20(26)27-19-13-11-12-18-21(19)17(22(23)24-18)15-16-25(2)3/h11-13,24H,4-10,14-16H2,1-3H3. The maximum atomic E-state index is 12.3. The van der Waals surface area contributed by atoms with E-state index in [9.17, 15) is 4.79 Å². The van der Waals surface area contributed by atoms with E-state index >= 15 is 0 Å². The first-order valence-electron chi connectivity index (χ1n) is 10.2. The Morgan fingerprint density at radius 1 is 1.11 bits per heavy atom. The zero-order valence-electron chi connectivity index (χ0n) is 16.9. The molecular weight excluding hydrogens is 451 g/mol. The number of carbonyl (C=O) groups is 1. The average Bonchev–Trinajstić information content (AvgIpc) is 2.95. The van der Waals surface area contributed by atoms with Crippen LogP contribution in [0.15, 0.2) is 18.2 Å². The number of esters is 1. The largest absolute Gasteiger partial charge is 0.426 e. The van der Waals surface area contributed by atoms with Gasteiger partial charge in [0.15, 0.2) is 0 Å². The number of carbonyl (C=O) groups excluding carboxylic acids is 1. The van der Waals surface area contributed by atoms with Crippen LogP contribution in [0, 0.1) is 3.70 Å². The third kappa shape index (κ3) is 7.11. The molecule has 0 aliphatic carbocycles. The fourth-order valence-corrected chi connectivity index (χ4v) is 4.14. The second kappa shape index (κ2) is 11.7. The van der Waals surface area contributed by atoms with E-state index in [1.807, 2.05) is 18.2 Å². The second-order valence-electron chi connectivity index (χ2n) is 7.49. The number of unbranched alkanes of at least 4 members (excludes halogenated alkanes) is 6. The Hall–Kier alpha value is -1.08. The number of aromatic nitrogens is 1. The Morgan fingerprint density at radius 3 is 2.52 bits per heavy atom. The van der Waals surface area contributed by atoms with E-state index in [4.69, 9.17) is 4.74 Å². The summed E-state index contributed by atoms with van der Waals surface area (Å²) in [7, 11) is 4.15. The van der Waals surface area contributed by atoms with Crippen molar-refractivity contribution in [3.8, 4) is 5.75 Å². The third-order valence-electron chi connectivity index (χ3n) is 4.85. The van der Waals surface area contributed by atoms with Crippen LogP contribution in [0.4, 0.5) is 0 Å². The molecule has 1 N–H and O–H groups in total. The predicted molar refractivity (Wildman–Crippen MR) is 122 cm³/mol. The van der Waals surface area contributed by atoms with Gasteiger partial charge in [0.2, 0.25) is 0 Å². The lowest BCUT2D eigenvalue weighted by Crippen LogP contribution is -2.15. The Labute approximate surface area is 177 Å². The molecule has 0 aliphatic rings. The molecule has 0 atom stereocenters. The van der Waals surface area contributed by atoms with E-state index < -0.39 is 0 Å². The Balaban J connectivity index is 1.94. The lowest BCUT2D eigenvalue weighted by atomic mass is 10.1. The van der Waals surface area contributed by atoms with Crippen molar-refractivity contribution in [2.75, 3.05) is 20.6 Å². The van der Waals surface area contributed by atoms with E-state index in [0.717, 1.165) is 40.4 Å². The van der Waals surface area contributed by atoms with Gasteiger partial charge in [0.25, 0.3) is 0 Å². The number of hydrogen-bond acceptors (Lipinski definition) is 3. The molecular formula is C22H33IN2O2. The number of likely N-dealkylation sites (N-methyl/N-ethyl adjacent to an activating group) is 1. The molecule has 150 valence electrons. The number of nitrogens with zero attached hydrogens (tertiary/aromatic N) is 1. The number of ether oxygens (including phenoxy) is 1. The smallest absolute Gasteiger partial charge is 0.311 e. The number of nitrogens with one attached hydrogen (secondary N) is 1. The van der Waals surface area contributed by atoms with Crippen LogP contribution in [0.5, 0.6) is 5.75 Å². The Morgan fingerprint density at radius 2 is 1.81 bits per heavy atom. The van der Waals surface area contributed by atoms with Crippen LogP contribution in [-0.4, -0.2) is 36.5 Å². The maximum Gasteiger partial charge on any atom is 0.311 e. The van der Waals surface area contributed by atoms with Gasteiger partial charge < -0.3 is 14.6 Å². The minimum absolute atomic E-state index is 0.120. The van der Waals surface area contributed by atoms with Crippen molar-refractivity contribution >= 4 is 39.5 Å². The summed E-state index contributed by atoms with van der Waals surface area (Å²) >= 11 is 2.34. The Kier molecular flexibility index (Phi) is 9.62. The van der Waals surface area contributed by atoms with Crippen molar-refractivity contribution in [2.24, 2.45) is 0 Å². The first kappa shape index (κ1) is 22.2. The van der Waals surface area contributed by atoms with Crippen LogP contribution < -0.4 is 4.74 Å². The molecule has 27 heavy (non-hydrogen) atoms. The van der Waals surface area contributed by atoms with Crippen LogP contribution in [0.3, 0.4) is 0 Å². The summed E-state index contributed by atoms with van der Waals surface area (Å²) in [6, 6.07) is 5.90. The molecule has 0 bridgehead atoms. The topological polar surface area (TPSA) is 45.3 Å². The highest BCUT2D eigenvalue weighted by molar-refractivity contribution is 14.1. The van der Waals surface area contributed by atoms with Gasteiger partial charge >= 0.3 is 5.97 Å². The summed E-state index contributed by atoms with van der Waals surface area (Å²) in [6.45, 7) is 3.19. The molecule has 0 aliphatic heterocycles. The molecule has 5 heteroatoms. The summed E-state index contributed by atoms with van der Waals surface area (Å²) in [5.74, 6) is 0.569. The second-order valence-corrected chi connectivity index (χ2v) is 8.57. The van der Waals surface area contributed by atoms with E-state index in [-0.39, 0.29) is 5.97 Å². The van der Waals surface area contributed by atoms with Crippen molar-refractivity contribution in [3.63, 3.8) is 0 Å². The molecule has 2 rings (SSSR count). The van der Waals surface area contributed by atoms with Crippen molar-refractivity contribution in [1.82, 2.24) is 9.88 Å². The molecule has 1 aromatic heterocycles. The van der Waals surface area contributed by atoms with E-state index in [1.165, 1.54) is 37.7 Å². The van der Waals surface area contributed by atoms with Crippen LogP contribution in [0.2, 0.25) is 0 Å². The number of H-pyrrole nitrogens is 1. The normalized spacial score (nSPS) is 11.4. The van der Waals surface area contributed by atoms with Gasteiger partial charge in [0, 0.05) is 18.4 Å². The van der Waals surface area contributed by atoms with Crippen molar-refractivity contribution in [3.05, 3.63) is 27.5 Å². The quantitative estimate of drug-likeness (QED) is 0.176. The highest BCUT2D eigenvalue weighted by atomic mass is 127. The predicted octanol–water partition coefficient (Wildman–Crippen LogP) is 5.92. The summed E-state index contributed by atoms with van der Waals surface area (Å²) in [5.41, 5.74) is 2.27. The van der Waals surface area contributed by atoms with E-state index in [0.29, 0.717) is 12.2 Å². The minimum Gasteiger partial charge on any atom is -0.426 e. The lowest BCUT2D eigenvalue weighted by molar-refractivity contribution is -0.134. The van der Waals surface area contributed by atoms with Gasteiger partial charge in [-0.2, -0.15) is 0 Å². The molecule has 1 aromatic carbocycles. The van der Waals surface area contributed by atoms with E-state index in [1.54, 1.807) is 0 Å². The van der Waals surface area contributed by atoms with Gasteiger partial charge in [0.1, 0.15) is 5.75 Å². The van der Waals surface area contributed by atoms with Crippen LogP contribution in [0.1, 0.15) is 63.9 Å². The SMILES string of the molecule is CCCCCCCCCC(=O)Oc1cccc2[nH]c(I)c(CCN(C)C)c12. The first-order chi connectivity index (χ1) is 13.0. The summed E-state index contributed by atoms with van der Waals surface area (Å²) in [4.78, 5) is 17.9. The summed E-state index contributed by atoms with van der Waals surface area (Å²) in [5, 5.41) is 1.05. The molecule has 0 unspecified atom stereocenters. The fourth-order valence-electron chi connectivity index (χ4n) is 3.31. The average molecular weight is 484 g/mol. The van der Waals surface area contributed by atoms with Gasteiger partial charge in [-0.1, -0.05) is 51.5 Å². The Bertz CT molecular complexity index is 724. The van der Waals surface area contributed by atoms with Crippen molar-refractivity contribution in [1.29, 1.82) is 0 Å². The fraction of sp³-hybridized carbons (Fsp3) is 0.591. The molecule has 2 aromatic rings. The van der Waals surface area contributed by atoms with Crippen LogP contribution in [0.25, 0.3) is 10.9 Å². The number of rotatable bonds is 12. The van der Waals surface area contributed by atoms with Gasteiger partial charge in [-0.15, -0.1) is 0 Å². The molecule has 0 radical (unpaired) electrons. The molecule has 0 fully saturated rings. The van der Waals surface area contributed by atoms with Crippen LogP contribution >= 0.6 is 22.6 Å². The van der Waals surface area contributed by atoms with Crippen molar-refractivity contribution in [2.45, 2.75) is 64.7 Å². The van der Waals surface area contributed by atoms with Gasteiger partial charge in [-0.3, -0.25) is 4.79 Å². The highest BCUT2D eigenvalue weighted by Crippen LogP contribution is 2.32. The molecule has 0 spiro atoms. The molecule has 0 saturated carbocycles. The number of hydrogen-bond donors (Lipinski definition) is 1. The molecule has 4 nitrogen and oxygen atoms in total. The number of aromatic amines is 1. The monoisotopic (exact) mass is 484 g/mol. The summed E-state index contributed by atoms with van der Waals surface area (Å²) in [6.07, 6.45) is 9.84. The molecule has 0 amide bonds. The molecule has 1 heterocycles. The minimum atomic E-state index is -0.120. The van der Waals surface area contributed by atoms with Gasteiger partial charge in [0.05, 0.1) is 9.22 Å². The number of fused-ring (bicyclic) bond motifs is 1. The zero-order chi connectivity index (χ0) is 19.6. The first-order valence-corrected chi connectivity index (χ1v) is 11.2. The van der Waals surface area contributed by atoms with Gasteiger partial charge in [-0.25, -0.2) is 0 Å². The molecule has 0 saturated heterocycles. The van der Waals surface area contributed by atoms with Gasteiger partial charge in [-0.05, 0) is 67.2 Å². The third-order valence-corrected chi connectivity index (χ3v) is 5.78. The number of benzene rings is 1. The maximum absolute atomic E-state index is 12.3. The van der Waals surface area contributed by atoms with E-state index in [2.05, 4.69) is 53.5 Å². The lowest BCUT2D eigenvalue weighted by Gasteiger charge is -2.11. The van der Waals surface area contributed by atoms with Crippen molar-refractivity contribution < 1.29 is 9.53 Å². The highest BCUT2D eigenvalue weighted by Gasteiger charge is 2.16. The van der Waals surface area contributed by atoms with Crippen LogP contribution in [-0.2, 0) is 11.2 Å². The zero-order valence-corrected chi connectivity index (χ0v) is 19.1.